The van der Waals surface area contributed by atoms with E-state index in [1.54, 1.807) is 0 Å². The molecule has 2 aromatic rings. The summed E-state index contributed by atoms with van der Waals surface area (Å²) in [7, 11) is 0. The number of benzene rings is 1. The number of aromatic amines is 1. The highest BCUT2D eigenvalue weighted by atomic mass is 16.5. The van der Waals surface area contributed by atoms with Gasteiger partial charge in [0, 0.05) is 30.2 Å². The molecular weight excluding hydrogens is 278 g/mol. The maximum Gasteiger partial charge on any atom is 0.240 e. The van der Waals surface area contributed by atoms with Crippen molar-refractivity contribution in [2.24, 2.45) is 5.73 Å². The molecule has 3 N–H and O–H groups in total. The third-order valence-electron chi connectivity index (χ3n) is 4.16. The summed E-state index contributed by atoms with van der Waals surface area (Å²) in [6, 6.07) is 7.55. The van der Waals surface area contributed by atoms with E-state index in [-0.39, 0.29) is 18.1 Å². The normalized spacial score (nSPS) is 23.7. The summed E-state index contributed by atoms with van der Waals surface area (Å²) in [5.41, 5.74) is 8.34. The molecule has 1 aromatic heterocycles. The fraction of sp³-hybridized carbons (Fsp3) is 0.471. The van der Waals surface area contributed by atoms with Crippen molar-refractivity contribution < 1.29 is 9.53 Å². The number of hydrogen-bond donors (Lipinski definition) is 2. The molecule has 1 saturated heterocycles. The Labute approximate surface area is 130 Å². The van der Waals surface area contributed by atoms with Gasteiger partial charge in [0.15, 0.2) is 0 Å². The molecule has 1 aliphatic rings. The molecule has 118 valence electrons. The lowest BCUT2D eigenvalue weighted by Gasteiger charge is -2.36. The number of carbonyl (C=O) groups excluding carboxylic acids is 1. The maximum absolute atomic E-state index is 12.6. The first-order valence-corrected chi connectivity index (χ1v) is 7.79. The van der Waals surface area contributed by atoms with Crippen LogP contribution >= 0.6 is 0 Å². The third kappa shape index (κ3) is 3.00. The third-order valence-corrected chi connectivity index (χ3v) is 4.16. The van der Waals surface area contributed by atoms with Gasteiger partial charge in [0.25, 0.3) is 0 Å². The van der Waals surface area contributed by atoms with Gasteiger partial charge in [-0.1, -0.05) is 18.2 Å². The van der Waals surface area contributed by atoms with Crippen molar-refractivity contribution in [2.45, 2.75) is 38.5 Å². The molecule has 2 heterocycles. The minimum atomic E-state index is -0.517. The second-order valence-electron chi connectivity index (χ2n) is 6.17. The van der Waals surface area contributed by atoms with Crippen LogP contribution in [0.5, 0.6) is 0 Å². The monoisotopic (exact) mass is 301 g/mol. The molecule has 0 spiro atoms. The first-order chi connectivity index (χ1) is 10.5. The average molecular weight is 301 g/mol. The quantitative estimate of drug-likeness (QED) is 0.906. The zero-order valence-electron chi connectivity index (χ0n) is 13.1. The van der Waals surface area contributed by atoms with Gasteiger partial charge in [-0.25, -0.2) is 0 Å². The van der Waals surface area contributed by atoms with Crippen molar-refractivity contribution >= 4 is 16.8 Å². The number of hydrogen-bond acceptors (Lipinski definition) is 3. The van der Waals surface area contributed by atoms with Crippen LogP contribution in [0, 0.1) is 0 Å². The second-order valence-corrected chi connectivity index (χ2v) is 6.17. The molecule has 2 unspecified atom stereocenters. The lowest BCUT2D eigenvalue weighted by Crippen LogP contribution is -2.53. The Balaban J connectivity index is 1.71. The number of morpholine rings is 1. The smallest absolute Gasteiger partial charge is 0.240 e. The van der Waals surface area contributed by atoms with Crippen molar-refractivity contribution in [3.05, 3.63) is 36.0 Å². The van der Waals surface area contributed by atoms with Crippen LogP contribution in [0.2, 0.25) is 0 Å². The average Bonchev–Trinajstić information content (AvgIpc) is 2.89. The zero-order valence-corrected chi connectivity index (χ0v) is 13.1. The summed E-state index contributed by atoms with van der Waals surface area (Å²) < 4.78 is 5.67. The fourth-order valence-corrected chi connectivity index (χ4v) is 3.22. The Morgan fingerprint density at radius 2 is 2.05 bits per heavy atom. The molecule has 3 rings (SSSR count). The molecule has 1 amide bonds. The number of nitrogens with one attached hydrogen (secondary N) is 1. The van der Waals surface area contributed by atoms with E-state index in [9.17, 15) is 4.79 Å². The van der Waals surface area contributed by atoms with Crippen molar-refractivity contribution in [1.29, 1.82) is 0 Å². The molecule has 0 radical (unpaired) electrons. The van der Waals surface area contributed by atoms with Gasteiger partial charge >= 0.3 is 0 Å². The number of aromatic nitrogens is 1. The van der Waals surface area contributed by atoms with Gasteiger partial charge in [0.05, 0.1) is 18.2 Å². The van der Waals surface area contributed by atoms with Crippen LogP contribution < -0.4 is 5.73 Å². The van der Waals surface area contributed by atoms with Crippen molar-refractivity contribution in [3.63, 3.8) is 0 Å². The molecule has 1 aliphatic heterocycles. The van der Waals surface area contributed by atoms with E-state index >= 15 is 0 Å². The highest BCUT2D eigenvalue weighted by Crippen LogP contribution is 2.20. The summed E-state index contributed by atoms with van der Waals surface area (Å²) in [5.74, 6) is 0.00674. The van der Waals surface area contributed by atoms with Gasteiger partial charge in [-0.3, -0.25) is 4.79 Å². The van der Waals surface area contributed by atoms with E-state index in [4.69, 9.17) is 10.5 Å². The number of ether oxygens (including phenoxy) is 1. The summed E-state index contributed by atoms with van der Waals surface area (Å²) in [4.78, 5) is 17.6. The molecule has 0 aliphatic carbocycles. The number of carbonyl (C=O) groups is 1. The predicted octanol–water partition coefficient (Wildman–Crippen LogP) is 1.67. The predicted molar refractivity (Wildman–Crippen MR) is 86.6 cm³/mol. The van der Waals surface area contributed by atoms with E-state index in [2.05, 4.69) is 11.1 Å². The summed E-state index contributed by atoms with van der Waals surface area (Å²) in [6.07, 6.45) is 2.62. The molecule has 5 heteroatoms. The van der Waals surface area contributed by atoms with Crippen LogP contribution in [0.1, 0.15) is 19.4 Å². The second kappa shape index (κ2) is 6.10. The number of rotatable bonds is 3. The summed E-state index contributed by atoms with van der Waals surface area (Å²) >= 11 is 0. The highest BCUT2D eigenvalue weighted by Gasteiger charge is 2.29. The largest absolute Gasteiger partial charge is 0.372 e. The van der Waals surface area contributed by atoms with Crippen LogP contribution in [-0.4, -0.2) is 47.1 Å². The van der Waals surface area contributed by atoms with Crippen LogP contribution in [0.15, 0.2) is 30.5 Å². The number of amides is 1. The number of H-pyrrole nitrogens is 1. The molecule has 0 saturated carbocycles. The summed E-state index contributed by atoms with van der Waals surface area (Å²) in [5, 5.41) is 1.13. The van der Waals surface area contributed by atoms with E-state index in [0.29, 0.717) is 19.5 Å². The molecule has 3 atom stereocenters. The number of nitrogens with two attached hydrogens (primary N) is 1. The SMILES string of the molecule is CC1CN(C(=O)[C@@H](N)Cc2c[nH]c3ccccc23)CC(C)O1. The molecular formula is C17H23N3O2. The molecule has 5 nitrogen and oxygen atoms in total. The van der Waals surface area contributed by atoms with Crippen molar-refractivity contribution in [1.82, 2.24) is 9.88 Å². The molecule has 22 heavy (non-hydrogen) atoms. The van der Waals surface area contributed by atoms with E-state index in [1.165, 1.54) is 0 Å². The zero-order chi connectivity index (χ0) is 15.7. The van der Waals surface area contributed by atoms with E-state index < -0.39 is 6.04 Å². The lowest BCUT2D eigenvalue weighted by molar-refractivity contribution is -0.144. The van der Waals surface area contributed by atoms with Crippen LogP contribution in [0.25, 0.3) is 10.9 Å². The Kier molecular flexibility index (Phi) is 4.18. The van der Waals surface area contributed by atoms with Gasteiger partial charge in [0.2, 0.25) is 5.91 Å². The number of fused-ring (bicyclic) bond motifs is 1. The van der Waals surface area contributed by atoms with Crippen LogP contribution in [0.4, 0.5) is 0 Å². The molecule has 1 fully saturated rings. The van der Waals surface area contributed by atoms with Crippen molar-refractivity contribution in [3.8, 4) is 0 Å². The Bertz CT molecular complexity index is 657. The Morgan fingerprint density at radius 3 is 2.77 bits per heavy atom. The first kappa shape index (κ1) is 15.1. The minimum Gasteiger partial charge on any atom is -0.372 e. The van der Waals surface area contributed by atoms with Gasteiger partial charge < -0.3 is 20.4 Å². The topological polar surface area (TPSA) is 71.3 Å². The van der Waals surface area contributed by atoms with E-state index in [0.717, 1.165) is 16.5 Å². The van der Waals surface area contributed by atoms with Crippen LogP contribution in [-0.2, 0) is 16.0 Å². The van der Waals surface area contributed by atoms with Gasteiger partial charge in [0.1, 0.15) is 0 Å². The standard InChI is InChI=1S/C17H23N3O2/c1-11-9-20(10-12(2)22-11)17(21)15(18)7-13-8-19-16-6-4-3-5-14(13)16/h3-6,8,11-12,15,19H,7,9-10,18H2,1-2H3/t11?,12?,15-/m0/s1. The first-order valence-electron chi connectivity index (χ1n) is 7.79. The molecule has 1 aromatic carbocycles. The van der Waals surface area contributed by atoms with E-state index in [1.807, 2.05) is 43.1 Å². The Morgan fingerprint density at radius 1 is 1.36 bits per heavy atom. The van der Waals surface area contributed by atoms with Crippen LogP contribution in [0.3, 0.4) is 0 Å². The summed E-state index contributed by atoms with van der Waals surface area (Å²) in [6.45, 7) is 5.21. The van der Waals surface area contributed by atoms with Gasteiger partial charge in [-0.05, 0) is 31.9 Å². The number of nitrogens with zero attached hydrogens (tertiary/aromatic N) is 1. The lowest BCUT2D eigenvalue weighted by atomic mass is 10.0. The van der Waals surface area contributed by atoms with Gasteiger partial charge in [-0.2, -0.15) is 0 Å². The van der Waals surface area contributed by atoms with Gasteiger partial charge in [-0.15, -0.1) is 0 Å². The maximum atomic E-state index is 12.6. The highest BCUT2D eigenvalue weighted by molar-refractivity contribution is 5.86. The van der Waals surface area contributed by atoms with Crippen molar-refractivity contribution in [2.75, 3.05) is 13.1 Å². The number of para-hydroxylation sites is 1. The fourth-order valence-electron chi connectivity index (χ4n) is 3.22. The Hall–Kier alpha value is -1.85. The minimum absolute atomic E-state index is 0.00674. The molecule has 0 bridgehead atoms.